The predicted octanol–water partition coefficient (Wildman–Crippen LogP) is 4.27. The summed E-state index contributed by atoms with van der Waals surface area (Å²) in [7, 11) is 0. The molecule has 0 aliphatic carbocycles. The molecule has 36 heavy (non-hydrogen) atoms. The Morgan fingerprint density at radius 3 is 2.31 bits per heavy atom. The van der Waals surface area contributed by atoms with Crippen LogP contribution in [0.2, 0.25) is 0 Å². The van der Waals surface area contributed by atoms with Crippen molar-refractivity contribution in [3.8, 4) is 11.3 Å². The highest BCUT2D eigenvalue weighted by Crippen LogP contribution is 2.34. The first-order chi connectivity index (χ1) is 17.4. The van der Waals surface area contributed by atoms with Gasteiger partial charge in [0.25, 0.3) is 11.6 Å². The minimum atomic E-state index is -0.333. The molecule has 2 aromatic carbocycles. The van der Waals surface area contributed by atoms with Crippen molar-refractivity contribution in [2.24, 2.45) is 0 Å². The van der Waals surface area contributed by atoms with E-state index in [2.05, 4.69) is 30.9 Å². The van der Waals surface area contributed by atoms with Crippen LogP contribution in [-0.2, 0) is 4.74 Å². The van der Waals surface area contributed by atoms with Crippen LogP contribution >= 0.6 is 0 Å². The quantitative estimate of drug-likeness (QED) is 0.390. The largest absolute Gasteiger partial charge is 0.451 e. The number of furan rings is 1. The van der Waals surface area contributed by atoms with E-state index < -0.39 is 0 Å². The summed E-state index contributed by atoms with van der Waals surface area (Å²) < 4.78 is 11.3. The summed E-state index contributed by atoms with van der Waals surface area (Å²) in [6.45, 7) is 8.84. The summed E-state index contributed by atoms with van der Waals surface area (Å²) in [6.07, 6.45) is 0. The molecule has 2 aliphatic rings. The van der Waals surface area contributed by atoms with Gasteiger partial charge in [-0.3, -0.25) is 14.9 Å². The SMILES string of the molecule is Cc1ccc(-c2ccc(C(=O)N3CCN(c4ccc([N+](=O)[O-])c(N5CCOCC5)c4)CC3)o2)cc1C. The topological polar surface area (TPSA) is 92.3 Å². The van der Waals surface area contributed by atoms with E-state index in [-0.39, 0.29) is 16.5 Å². The molecule has 0 bridgehead atoms. The Balaban J connectivity index is 1.26. The van der Waals surface area contributed by atoms with E-state index >= 15 is 0 Å². The van der Waals surface area contributed by atoms with Crippen molar-refractivity contribution in [1.82, 2.24) is 4.90 Å². The number of piperazine rings is 1. The summed E-state index contributed by atoms with van der Waals surface area (Å²) in [5, 5.41) is 11.6. The van der Waals surface area contributed by atoms with E-state index in [1.165, 1.54) is 11.1 Å². The van der Waals surface area contributed by atoms with Crippen LogP contribution in [0.1, 0.15) is 21.7 Å². The second kappa shape index (κ2) is 10.0. The summed E-state index contributed by atoms with van der Waals surface area (Å²) in [6, 6.07) is 15.0. The maximum atomic E-state index is 13.1. The Morgan fingerprint density at radius 1 is 0.861 bits per heavy atom. The van der Waals surface area contributed by atoms with Gasteiger partial charge in [-0.25, -0.2) is 0 Å². The summed E-state index contributed by atoms with van der Waals surface area (Å²) in [4.78, 5) is 30.4. The van der Waals surface area contributed by atoms with Crippen molar-refractivity contribution in [2.75, 3.05) is 62.3 Å². The predicted molar refractivity (Wildman–Crippen MR) is 138 cm³/mol. The molecule has 0 N–H and O–H groups in total. The van der Waals surface area contributed by atoms with Gasteiger partial charge >= 0.3 is 0 Å². The molecule has 0 spiro atoms. The van der Waals surface area contributed by atoms with Crippen molar-refractivity contribution < 1.29 is 18.9 Å². The maximum absolute atomic E-state index is 13.1. The molecule has 188 valence electrons. The number of hydrogen-bond donors (Lipinski definition) is 0. The zero-order valence-corrected chi connectivity index (χ0v) is 20.6. The van der Waals surface area contributed by atoms with Crippen LogP contribution in [0.3, 0.4) is 0 Å². The number of anilines is 2. The van der Waals surface area contributed by atoms with Gasteiger partial charge in [0, 0.05) is 56.6 Å². The number of nitro groups is 1. The number of morpholine rings is 1. The molecule has 1 aromatic heterocycles. The number of amides is 1. The number of aryl methyl sites for hydroxylation is 2. The molecule has 9 heteroatoms. The fourth-order valence-corrected chi connectivity index (χ4v) is 4.75. The van der Waals surface area contributed by atoms with E-state index in [1.54, 1.807) is 23.1 Å². The lowest BCUT2D eigenvalue weighted by Crippen LogP contribution is -2.48. The number of ether oxygens (including phenoxy) is 1. The Bertz CT molecular complexity index is 1270. The van der Waals surface area contributed by atoms with E-state index in [9.17, 15) is 14.9 Å². The Hall–Kier alpha value is -3.85. The molecule has 2 fully saturated rings. The second-order valence-corrected chi connectivity index (χ2v) is 9.27. The first kappa shape index (κ1) is 23.9. The second-order valence-electron chi connectivity index (χ2n) is 9.27. The molecule has 1 amide bonds. The minimum absolute atomic E-state index is 0.104. The van der Waals surface area contributed by atoms with Gasteiger partial charge in [-0.2, -0.15) is 0 Å². The normalized spacial score (nSPS) is 16.3. The molecule has 2 saturated heterocycles. The maximum Gasteiger partial charge on any atom is 0.292 e. The average molecular weight is 491 g/mol. The van der Waals surface area contributed by atoms with Crippen LogP contribution in [0.5, 0.6) is 0 Å². The van der Waals surface area contributed by atoms with Gasteiger partial charge < -0.3 is 23.9 Å². The van der Waals surface area contributed by atoms with Crippen LogP contribution in [0.4, 0.5) is 17.1 Å². The zero-order chi connectivity index (χ0) is 25.2. The highest BCUT2D eigenvalue weighted by Gasteiger charge is 2.27. The fourth-order valence-electron chi connectivity index (χ4n) is 4.75. The van der Waals surface area contributed by atoms with E-state index in [0.29, 0.717) is 69.7 Å². The number of rotatable bonds is 5. The van der Waals surface area contributed by atoms with Crippen molar-refractivity contribution in [3.05, 3.63) is 75.5 Å². The first-order valence-corrected chi connectivity index (χ1v) is 12.2. The Morgan fingerprint density at radius 2 is 1.61 bits per heavy atom. The van der Waals surface area contributed by atoms with Crippen molar-refractivity contribution in [2.45, 2.75) is 13.8 Å². The van der Waals surface area contributed by atoms with Crippen LogP contribution in [0.15, 0.2) is 52.9 Å². The number of hydrogen-bond acceptors (Lipinski definition) is 7. The average Bonchev–Trinajstić information content (AvgIpc) is 3.40. The fraction of sp³-hybridized carbons (Fsp3) is 0.370. The van der Waals surface area contributed by atoms with Gasteiger partial charge in [0.15, 0.2) is 5.76 Å². The van der Waals surface area contributed by atoms with Crippen molar-refractivity contribution in [3.63, 3.8) is 0 Å². The molecule has 0 radical (unpaired) electrons. The third kappa shape index (κ3) is 4.79. The molecule has 0 atom stereocenters. The molecule has 3 heterocycles. The molecule has 0 unspecified atom stereocenters. The molecule has 9 nitrogen and oxygen atoms in total. The van der Waals surface area contributed by atoms with Crippen LogP contribution in [0, 0.1) is 24.0 Å². The summed E-state index contributed by atoms with van der Waals surface area (Å²) >= 11 is 0. The molecule has 2 aliphatic heterocycles. The van der Waals surface area contributed by atoms with Crippen molar-refractivity contribution >= 4 is 23.0 Å². The van der Waals surface area contributed by atoms with Gasteiger partial charge in [0.2, 0.25) is 0 Å². The molecular formula is C27H30N4O5. The number of nitrogens with zero attached hydrogens (tertiary/aromatic N) is 4. The summed E-state index contributed by atoms with van der Waals surface area (Å²) in [5.41, 5.74) is 4.99. The van der Waals surface area contributed by atoms with Gasteiger partial charge in [0.05, 0.1) is 18.1 Å². The number of nitro benzene ring substituents is 1. The molecule has 5 rings (SSSR count). The highest BCUT2D eigenvalue weighted by atomic mass is 16.6. The van der Waals surface area contributed by atoms with E-state index in [1.807, 2.05) is 23.1 Å². The lowest BCUT2D eigenvalue weighted by Gasteiger charge is -2.36. The third-order valence-corrected chi connectivity index (χ3v) is 7.05. The molecular weight excluding hydrogens is 460 g/mol. The first-order valence-electron chi connectivity index (χ1n) is 12.2. The van der Waals surface area contributed by atoms with Gasteiger partial charge in [-0.05, 0) is 55.3 Å². The Kier molecular flexibility index (Phi) is 6.65. The molecule has 3 aromatic rings. The smallest absolute Gasteiger partial charge is 0.292 e. The number of carbonyl (C=O) groups excluding carboxylic acids is 1. The third-order valence-electron chi connectivity index (χ3n) is 7.05. The number of benzene rings is 2. The highest BCUT2D eigenvalue weighted by molar-refractivity contribution is 5.92. The van der Waals surface area contributed by atoms with Crippen LogP contribution < -0.4 is 9.80 Å². The van der Waals surface area contributed by atoms with Crippen LogP contribution in [-0.4, -0.2) is 68.2 Å². The number of carbonyl (C=O) groups is 1. The Labute approximate surface area is 210 Å². The van der Waals surface area contributed by atoms with Gasteiger partial charge in [-0.1, -0.05) is 12.1 Å². The van der Waals surface area contributed by atoms with Crippen molar-refractivity contribution in [1.29, 1.82) is 0 Å². The zero-order valence-electron chi connectivity index (χ0n) is 20.6. The van der Waals surface area contributed by atoms with E-state index in [0.717, 1.165) is 11.3 Å². The van der Waals surface area contributed by atoms with Crippen LogP contribution in [0.25, 0.3) is 11.3 Å². The lowest BCUT2D eigenvalue weighted by molar-refractivity contribution is -0.384. The monoisotopic (exact) mass is 490 g/mol. The van der Waals surface area contributed by atoms with Gasteiger partial charge in [-0.15, -0.1) is 0 Å². The van der Waals surface area contributed by atoms with E-state index in [4.69, 9.17) is 9.15 Å². The standard InChI is InChI=1S/C27H30N4O5/c1-19-3-4-21(17-20(19)2)25-7-8-26(36-25)27(32)30-11-9-28(10-12-30)22-5-6-23(31(33)34)24(18-22)29-13-15-35-16-14-29/h3-8,17-18H,9-16H2,1-2H3. The summed E-state index contributed by atoms with van der Waals surface area (Å²) in [5.74, 6) is 0.894. The van der Waals surface area contributed by atoms with Gasteiger partial charge in [0.1, 0.15) is 11.4 Å². The molecule has 0 saturated carbocycles. The minimum Gasteiger partial charge on any atom is -0.451 e. The lowest BCUT2D eigenvalue weighted by atomic mass is 10.1.